The molecular formula is C30H29N3O. The number of hydrogen-bond donors (Lipinski definition) is 2. The molecule has 3 N–H and O–H groups in total. The first-order chi connectivity index (χ1) is 16.7. The molecular weight excluding hydrogens is 418 g/mol. The van der Waals surface area contributed by atoms with Gasteiger partial charge in [0, 0.05) is 29.4 Å². The maximum atomic E-state index is 12.9. The lowest BCUT2D eigenvalue weighted by Crippen LogP contribution is -2.08. The van der Waals surface area contributed by atoms with E-state index >= 15 is 0 Å². The number of nitrogens with zero attached hydrogens (tertiary/aromatic N) is 1. The number of pyridine rings is 2. The van der Waals surface area contributed by atoms with Gasteiger partial charge in [0.2, 0.25) is 0 Å². The van der Waals surface area contributed by atoms with E-state index in [0.717, 1.165) is 44.6 Å². The Labute approximate surface area is 200 Å². The fraction of sp³-hybridized carbons (Fsp3) is 0.133. The van der Waals surface area contributed by atoms with Crippen molar-refractivity contribution in [1.82, 2.24) is 9.97 Å². The maximum absolute atomic E-state index is 12.9. The number of H-pyrrole nitrogens is 1. The van der Waals surface area contributed by atoms with Crippen molar-refractivity contribution < 1.29 is 0 Å². The van der Waals surface area contributed by atoms with Crippen LogP contribution in [-0.4, -0.2) is 9.97 Å². The second-order valence-corrected chi connectivity index (χ2v) is 7.89. The lowest BCUT2D eigenvalue weighted by Gasteiger charge is -2.14. The van der Waals surface area contributed by atoms with Crippen molar-refractivity contribution >= 4 is 10.9 Å². The van der Waals surface area contributed by atoms with Gasteiger partial charge in [-0.1, -0.05) is 92.7 Å². The van der Waals surface area contributed by atoms with Gasteiger partial charge in [0.1, 0.15) is 0 Å². The van der Waals surface area contributed by atoms with Gasteiger partial charge < -0.3 is 10.7 Å². The van der Waals surface area contributed by atoms with Gasteiger partial charge in [-0.15, -0.1) is 0 Å². The van der Waals surface area contributed by atoms with E-state index in [1.54, 1.807) is 6.20 Å². The van der Waals surface area contributed by atoms with Crippen LogP contribution in [0.4, 0.5) is 0 Å². The fourth-order valence-electron chi connectivity index (χ4n) is 4.11. The van der Waals surface area contributed by atoms with Gasteiger partial charge in [0.25, 0.3) is 5.56 Å². The maximum Gasteiger partial charge on any atom is 0.257 e. The number of aromatic amines is 1. The summed E-state index contributed by atoms with van der Waals surface area (Å²) in [6, 6.07) is 28.3. The van der Waals surface area contributed by atoms with E-state index in [4.69, 9.17) is 10.7 Å². The lowest BCUT2D eigenvalue weighted by molar-refractivity contribution is 1.07. The highest BCUT2D eigenvalue weighted by Gasteiger charge is 2.17. The summed E-state index contributed by atoms with van der Waals surface area (Å²) in [6.45, 7) is 6.56. The summed E-state index contributed by atoms with van der Waals surface area (Å²) >= 11 is 0. The topological polar surface area (TPSA) is 71.8 Å². The third kappa shape index (κ3) is 4.41. The number of aryl methyl sites for hydroxylation is 1. The van der Waals surface area contributed by atoms with Crippen molar-refractivity contribution in [1.29, 1.82) is 0 Å². The number of fused-ring (bicyclic) bond motifs is 1. The second kappa shape index (κ2) is 10.3. The van der Waals surface area contributed by atoms with E-state index in [0.29, 0.717) is 17.4 Å². The molecule has 5 aromatic rings. The summed E-state index contributed by atoms with van der Waals surface area (Å²) in [5.41, 5.74) is 14.3. The van der Waals surface area contributed by atoms with Crippen LogP contribution in [0.3, 0.4) is 0 Å². The molecule has 0 atom stereocenters. The van der Waals surface area contributed by atoms with Crippen LogP contribution in [-0.2, 0) is 6.54 Å². The highest BCUT2D eigenvalue weighted by molar-refractivity contribution is 5.98. The third-order valence-corrected chi connectivity index (χ3v) is 5.85. The van der Waals surface area contributed by atoms with Crippen LogP contribution < -0.4 is 11.3 Å². The number of nitrogens with two attached hydrogens (primary N) is 1. The third-order valence-electron chi connectivity index (χ3n) is 5.85. The molecule has 0 aliphatic carbocycles. The first-order valence-corrected chi connectivity index (χ1v) is 11.6. The number of aromatic nitrogens is 2. The van der Waals surface area contributed by atoms with Gasteiger partial charge in [-0.05, 0) is 35.2 Å². The molecule has 2 aromatic heterocycles. The zero-order chi connectivity index (χ0) is 24.1. The van der Waals surface area contributed by atoms with E-state index in [1.807, 2.05) is 86.6 Å². The Morgan fingerprint density at radius 3 is 2.15 bits per heavy atom. The molecule has 0 spiro atoms. The number of nitrogens with one attached hydrogen (secondary N) is 1. The standard InChI is InChI=1S/C28H23N3O.C2H6/c1-18-7-5-6-10-22(18)25-17-30-28(32)24-15-23(20-8-3-2-4-9-20)26(31-27(24)25)21-13-11-19(16-29)12-14-21;1-2/h2-15,17H,16,29H2,1H3,(H,30,32);1-2H3. The van der Waals surface area contributed by atoms with Crippen LogP contribution >= 0.6 is 0 Å². The fourth-order valence-corrected chi connectivity index (χ4v) is 4.11. The monoisotopic (exact) mass is 447 g/mol. The van der Waals surface area contributed by atoms with Gasteiger partial charge in [-0.3, -0.25) is 4.79 Å². The Morgan fingerprint density at radius 2 is 1.47 bits per heavy atom. The molecule has 0 radical (unpaired) electrons. The summed E-state index contributed by atoms with van der Waals surface area (Å²) < 4.78 is 0. The molecule has 0 bridgehead atoms. The molecule has 0 fully saturated rings. The normalized spacial score (nSPS) is 10.6. The lowest BCUT2D eigenvalue weighted by atomic mass is 9.95. The molecule has 0 saturated carbocycles. The summed E-state index contributed by atoms with van der Waals surface area (Å²) in [6.07, 6.45) is 1.77. The van der Waals surface area contributed by atoms with Gasteiger partial charge >= 0.3 is 0 Å². The average Bonchev–Trinajstić information content (AvgIpc) is 2.91. The minimum atomic E-state index is -0.146. The van der Waals surface area contributed by atoms with Crippen molar-refractivity contribution in [3.05, 3.63) is 113 Å². The van der Waals surface area contributed by atoms with Crippen molar-refractivity contribution in [3.8, 4) is 33.5 Å². The molecule has 0 saturated heterocycles. The summed E-state index contributed by atoms with van der Waals surface area (Å²) in [5.74, 6) is 0. The number of rotatable bonds is 4. The largest absolute Gasteiger partial charge is 0.328 e. The Balaban J connectivity index is 0.00000133. The Morgan fingerprint density at radius 1 is 0.794 bits per heavy atom. The van der Waals surface area contributed by atoms with E-state index in [9.17, 15) is 4.79 Å². The van der Waals surface area contributed by atoms with Gasteiger partial charge in [0.05, 0.1) is 16.6 Å². The van der Waals surface area contributed by atoms with Crippen LogP contribution in [0.15, 0.2) is 95.9 Å². The van der Waals surface area contributed by atoms with Crippen molar-refractivity contribution in [2.75, 3.05) is 0 Å². The Hall–Kier alpha value is -4.02. The van der Waals surface area contributed by atoms with Crippen LogP contribution in [0.25, 0.3) is 44.4 Å². The zero-order valence-corrected chi connectivity index (χ0v) is 19.8. The number of hydrogen-bond acceptors (Lipinski definition) is 3. The minimum absolute atomic E-state index is 0.146. The predicted molar refractivity (Wildman–Crippen MR) is 143 cm³/mol. The van der Waals surface area contributed by atoms with Crippen molar-refractivity contribution in [3.63, 3.8) is 0 Å². The van der Waals surface area contributed by atoms with E-state index in [2.05, 4.69) is 24.0 Å². The molecule has 34 heavy (non-hydrogen) atoms. The quantitative estimate of drug-likeness (QED) is 0.321. The molecule has 170 valence electrons. The van der Waals surface area contributed by atoms with Crippen LogP contribution in [0.5, 0.6) is 0 Å². The molecule has 0 unspecified atom stereocenters. The smallest absolute Gasteiger partial charge is 0.257 e. The molecule has 0 aliphatic heterocycles. The van der Waals surface area contributed by atoms with E-state index in [-0.39, 0.29) is 5.56 Å². The second-order valence-electron chi connectivity index (χ2n) is 7.89. The van der Waals surface area contributed by atoms with Gasteiger partial charge in [-0.2, -0.15) is 0 Å². The van der Waals surface area contributed by atoms with Crippen LogP contribution in [0, 0.1) is 6.92 Å². The van der Waals surface area contributed by atoms with Gasteiger partial charge in [-0.25, -0.2) is 4.98 Å². The molecule has 5 rings (SSSR count). The molecule has 0 aliphatic rings. The van der Waals surface area contributed by atoms with Gasteiger partial charge in [0.15, 0.2) is 0 Å². The number of benzene rings is 3. The average molecular weight is 448 g/mol. The molecule has 3 aromatic carbocycles. The first-order valence-electron chi connectivity index (χ1n) is 11.6. The molecule has 4 nitrogen and oxygen atoms in total. The highest BCUT2D eigenvalue weighted by Crippen LogP contribution is 2.36. The summed E-state index contributed by atoms with van der Waals surface area (Å²) in [5, 5.41) is 0.576. The summed E-state index contributed by atoms with van der Waals surface area (Å²) in [7, 11) is 0. The Kier molecular flexibility index (Phi) is 7.00. The zero-order valence-electron chi connectivity index (χ0n) is 19.8. The van der Waals surface area contributed by atoms with E-state index < -0.39 is 0 Å². The predicted octanol–water partition coefficient (Wildman–Crippen LogP) is 6.72. The van der Waals surface area contributed by atoms with Crippen molar-refractivity contribution in [2.45, 2.75) is 27.3 Å². The van der Waals surface area contributed by atoms with Crippen LogP contribution in [0.1, 0.15) is 25.0 Å². The van der Waals surface area contributed by atoms with E-state index in [1.165, 1.54) is 0 Å². The summed E-state index contributed by atoms with van der Waals surface area (Å²) in [4.78, 5) is 20.9. The highest BCUT2D eigenvalue weighted by atomic mass is 16.1. The van der Waals surface area contributed by atoms with Crippen molar-refractivity contribution in [2.24, 2.45) is 5.73 Å². The SMILES string of the molecule is CC.Cc1ccccc1-c1c[nH]c(=O)c2cc(-c3ccccc3)c(-c3ccc(CN)cc3)nc12. The molecule has 2 heterocycles. The molecule has 0 amide bonds. The minimum Gasteiger partial charge on any atom is -0.328 e. The molecule has 4 heteroatoms. The Bertz CT molecular complexity index is 1470. The van der Waals surface area contributed by atoms with Crippen LogP contribution in [0.2, 0.25) is 0 Å². The first kappa shape index (κ1) is 23.1.